The normalized spacial score (nSPS) is 22.3. The Kier molecular flexibility index (Phi) is 3.31. The zero-order valence-electron chi connectivity index (χ0n) is 9.02. The number of hydrogen-bond acceptors (Lipinski definition) is 1. The van der Waals surface area contributed by atoms with Crippen LogP contribution in [0.25, 0.3) is 0 Å². The number of nitrogens with zero attached hydrogens (tertiary/aromatic N) is 1. The Hall–Kier alpha value is -0.740. The molecule has 1 rings (SSSR count). The lowest BCUT2D eigenvalue weighted by atomic mass is 9.85. The molecule has 1 saturated heterocycles. The lowest BCUT2D eigenvalue weighted by Crippen LogP contribution is -2.41. The number of amides is 1. The van der Waals surface area contributed by atoms with Gasteiger partial charge in [-0.2, -0.15) is 13.2 Å². The first-order valence-electron chi connectivity index (χ1n) is 5.08. The third-order valence-corrected chi connectivity index (χ3v) is 2.87. The van der Waals surface area contributed by atoms with Gasteiger partial charge in [0.15, 0.2) is 0 Å². The van der Waals surface area contributed by atoms with E-state index < -0.39 is 12.1 Å². The highest BCUT2D eigenvalue weighted by Crippen LogP contribution is 2.31. The number of likely N-dealkylation sites (tertiary alicyclic amines) is 1. The first-order chi connectivity index (χ1) is 6.72. The van der Waals surface area contributed by atoms with Crippen LogP contribution in [-0.4, -0.2) is 30.1 Å². The second kappa shape index (κ2) is 4.02. The van der Waals surface area contributed by atoms with Gasteiger partial charge < -0.3 is 4.90 Å². The standard InChI is InChI=1S/C10H16F3NO/c1-9(2)4-3-6-14(7-5-9)8(15)10(11,12)13/h3-7H2,1-2H3. The molecule has 0 spiro atoms. The maximum atomic E-state index is 12.2. The van der Waals surface area contributed by atoms with Gasteiger partial charge in [-0.15, -0.1) is 0 Å². The quantitative estimate of drug-likeness (QED) is 0.618. The van der Waals surface area contributed by atoms with Gasteiger partial charge in [-0.3, -0.25) is 4.79 Å². The van der Waals surface area contributed by atoms with Crippen LogP contribution in [0.1, 0.15) is 33.1 Å². The minimum atomic E-state index is -4.73. The first-order valence-corrected chi connectivity index (χ1v) is 5.08. The van der Waals surface area contributed by atoms with Gasteiger partial charge in [0.2, 0.25) is 0 Å². The molecule has 1 aliphatic rings. The maximum absolute atomic E-state index is 12.2. The van der Waals surface area contributed by atoms with Gasteiger partial charge in [0.1, 0.15) is 0 Å². The van der Waals surface area contributed by atoms with Gasteiger partial charge in [-0.05, 0) is 24.7 Å². The number of hydrogen-bond donors (Lipinski definition) is 0. The van der Waals surface area contributed by atoms with Crippen LogP contribution in [0, 0.1) is 5.41 Å². The number of carbonyl (C=O) groups is 1. The van der Waals surface area contributed by atoms with Gasteiger partial charge in [-0.25, -0.2) is 0 Å². The van der Waals surface area contributed by atoms with E-state index in [2.05, 4.69) is 0 Å². The van der Waals surface area contributed by atoms with Crippen LogP contribution in [0.3, 0.4) is 0 Å². The Morgan fingerprint density at radius 1 is 1.20 bits per heavy atom. The topological polar surface area (TPSA) is 20.3 Å². The molecule has 88 valence electrons. The van der Waals surface area contributed by atoms with Crippen molar-refractivity contribution in [3.05, 3.63) is 0 Å². The Bertz CT molecular complexity index is 248. The molecule has 0 saturated carbocycles. The van der Waals surface area contributed by atoms with Crippen molar-refractivity contribution in [2.24, 2.45) is 5.41 Å². The second-order valence-electron chi connectivity index (χ2n) is 4.81. The fourth-order valence-corrected chi connectivity index (χ4v) is 1.81. The summed E-state index contributed by atoms with van der Waals surface area (Å²) in [6, 6.07) is 0. The molecule has 0 bridgehead atoms. The molecule has 0 radical (unpaired) electrons. The Morgan fingerprint density at radius 3 is 2.33 bits per heavy atom. The predicted molar refractivity (Wildman–Crippen MR) is 50.3 cm³/mol. The maximum Gasteiger partial charge on any atom is 0.471 e. The Labute approximate surface area is 87.4 Å². The summed E-state index contributed by atoms with van der Waals surface area (Å²) in [5.41, 5.74) is 0.0423. The molecule has 0 aliphatic carbocycles. The summed E-state index contributed by atoms with van der Waals surface area (Å²) in [5, 5.41) is 0. The summed E-state index contributed by atoms with van der Waals surface area (Å²) in [6.45, 7) is 4.48. The van der Waals surface area contributed by atoms with E-state index in [0.29, 0.717) is 12.8 Å². The average molecular weight is 223 g/mol. The van der Waals surface area contributed by atoms with Crippen molar-refractivity contribution < 1.29 is 18.0 Å². The zero-order chi connectivity index (χ0) is 11.7. The number of rotatable bonds is 0. The molecule has 0 aromatic rings. The van der Waals surface area contributed by atoms with E-state index in [1.165, 1.54) is 0 Å². The van der Waals surface area contributed by atoms with E-state index >= 15 is 0 Å². The predicted octanol–water partition coefficient (Wildman–Crippen LogP) is 2.59. The van der Waals surface area contributed by atoms with E-state index in [1.807, 2.05) is 13.8 Å². The second-order valence-corrected chi connectivity index (χ2v) is 4.81. The van der Waals surface area contributed by atoms with Crippen molar-refractivity contribution in [2.45, 2.75) is 39.3 Å². The molecule has 2 nitrogen and oxygen atoms in total. The van der Waals surface area contributed by atoms with Crippen LogP contribution in [0.2, 0.25) is 0 Å². The summed E-state index contributed by atoms with van der Waals surface area (Å²) in [5.74, 6) is -1.69. The fourth-order valence-electron chi connectivity index (χ4n) is 1.81. The molecule has 1 heterocycles. The molecular weight excluding hydrogens is 207 g/mol. The molecular formula is C10H16F3NO. The molecule has 1 fully saturated rings. The summed E-state index contributed by atoms with van der Waals surface area (Å²) in [7, 11) is 0. The van der Waals surface area contributed by atoms with Crippen molar-refractivity contribution in [3.63, 3.8) is 0 Å². The van der Waals surface area contributed by atoms with E-state index in [0.717, 1.165) is 11.3 Å². The van der Waals surface area contributed by atoms with Gasteiger partial charge in [0.05, 0.1) is 0 Å². The minimum absolute atomic E-state index is 0.0423. The first kappa shape index (κ1) is 12.3. The lowest BCUT2D eigenvalue weighted by molar-refractivity contribution is -0.185. The van der Waals surface area contributed by atoms with Crippen molar-refractivity contribution in [1.29, 1.82) is 0 Å². The Morgan fingerprint density at radius 2 is 1.80 bits per heavy atom. The number of halogens is 3. The van der Waals surface area contributed by atoms with Crippen molar-refractivity contribution >= 4 is 5.91 Å². The van der Waals surface area contributed by atoms with Crippen LogP contribution < -0.4 is 0 Å². The van der Waals surface area contributed by atoms with Crippen LogP contribution >= 0.6 is 0 Å². The SMILES string of the molecule is CC1(C)CCCN(C(=O)C(F)(F)F)CC1. The van der Waals surface area contributed by atoms with E-state index in [9.17, 15) is 18.0 Å². The van der Waals surface area contributed by atoms with Gasteiger partial charge in [0.25, 0.3) is 0 Å². The van der Waals surface area contributed by atoms with Gasteiger partial charge in [-0.1, -0.05) is 13.8 Å². The molecule has 0 aromatic heterocycles. The lowest BCUT2D eigenvalue weighted by Gasteiger charge is -2.23. The molecule has 1 amide bonds. The monoisotopic (exact) mass is 223 g/mol. The average Bonchev–Trinajstić information content (AvgIpc) is 2.23. The molecule has 0 atom stereocenters. The fraction of sp³-hybridized carbons (Fsp3) is 0.900. The smallest absolute Gasteiger partial charge is 0.335 e. The van der Waals surface area contributed by atoms with Crippen LogP contribution in [0.4, 0.5) is 13.2 Å². The molecule has 1 aliphatic heterocycles. The summed E-state index contributed by atoms with van der Waals surface area (Å²) in [6.07, 6.45) is -2.58. The molecule has 0 aromatic carbocycles. The summed E-state index contributed by atoms with van der Waals surface area (Å²) in [4.78, 5) is 11.9. The summed E-state index contributed by atoms with van der Waals surface area (Å²) < 4.78 is 36.5. The third-order valence-electron chi connectivity index (χ3n) is 2.87. The van der Waals surface area contributed by atoms with Crippen molar-refractivity contribution in [1.82, 2.24) is 4.90 Å². The van der Waals surface area contributed by atoms with Crippen molar-refractivity contribution in [2.75, 3.05) is 13.1 Å². The highest BCUT2D eigenvalue weighted by Gasteiger charge is 2.43. The van der Waals surface area contributed by atoms with Crippen LogP contribution in [-0.2, 0) is 4.79 Å². The molecule has 15 heavy (non-hydrogen) atoms. The van der Waals surface area contributed by atoms with Gasteiger partial charge >= 0.3 is 12.1 Å². The van der Waals surface area contributed by atoms with Crippen LogP contribution in [0.5, 0.6) is 0 Å². The van der Waals surface area contributed by atoms with Crippen LogP contribution in [0.15, 0.2) is 0 Å². The van der Waals surface area contributed by atoms with E-state index in [4.69, 9.17) is 0 Å². The Balaban J connectivity index is 2.62. The van der Waals surface area contributed by atoms with Crippen molar-refractivity contribution in [3.8, 4) is 0 Å². The highest BCUT2D eigenvalue weighted by molar-refractivity contribution is 5.81. The third kappa shape index (κ3) is 3.39. The van der Waals surface area contributed by atoms with Gasteiger partial charge in [0, 0.05) is 13.1 Å². The minimum Gasteiger partial charge on any atom is -0.335 e. The number of alkyl halides is 3. The molecule has 0 N–H and O–H groups in total. The highest BCUT2D eigenvalue weighted by atomic mass is 19.4. The largest absolute Gasteiger partial charge is 0.471 e. The van der Waals surface area contributed by atoms with E-state index in [1.54, 1.807) is 0 Å². The summed E-state index contributed by atoms with van der Waals surface area (Å²) >= 11 is 0. The van der Waals surface area contributed by atoms with E-state index in [-0.39, 0.29) is 18.5 Å². The zero-order valence-corrected chi connectivity index (χ0v) is 9.02. The molecule has 5 heteroatoms. The number of carbonyl (C=O) groups excluding carboxylic acids is 1. The molecule has 0 unspecified atom stereocenters.